The molecule has 0 radical (unpaired) electrons. The maximum absolute atomic E-state index is 6.07. The summed E-state index contributed by atoms with van der Waals surface area (Å²) in [6.45, 7) is 12.2. The molecule has 0 aromatic rings. The van der Waals surface area contributed by atoms with Crippen molar-refractivity contribution in [3.63, 3.8) is 0 Å². The predicted molar refractivity (Wildman–Crippen MR) is 97.3 cm³/mol. The Morgan fingerprint density at radius 1 is 0.682 bits per heavy atom. The fraction of sp³-hybridized carbons (Fsp3) is 0.900. The van der Waals surface area contributed by atoms with E-state index in [9.17, 15) is 0 Å². The lowest BCUT2D eigenvalue weighted by Crippen LogP contribution is -2.34. The molecule has 0 rings (SSSR count). The van der Waals surface area contributed by atoms with Crippen LogP contribution in [-0.2, 0) is 9.47 Å². The molecule has 0 N–H and O–H groups in total. The lowest BCUT2D eigenvalue weighted by Gasteiger charge is -2.31. The van der Waals surface area contributed by atoms with E-state index in [1.165, 1.54) is 38.5 Å². The molecule has 0 atom stereocenters. The van der Waals surface area contributed by atoms with Crippen LogP contribution in [0.1, 0.15) is 97.8 Å². The molecule has 0 heterocycles. The summed E-state index contributed by atoms with van der Waals surface area (Å²) >= 11 is 0. The quantitative estimate of drug-likeness (QED) is 0.170. The van der Waals surface area contributed by atoms with Crippen LogP contribution in [0.2, 0.25) is 0 Å². The summed E-state index contributed by atoms with van der Waals surface area (Å²) in [5, 5.41) is 0. The van der Waals surface area contributed by atoms with E-state index < -0.39 is 5.79 Å². The Morgan fingerprint density at radius 2 is 1.14 bits per heavy atom. The van der Waals surface area contributed by atoms with Crippen molar-refractivity contribution < 1.29 is 9.47 Å². The van der Waals surface area contributed by atoms with Gasteiger partial charge in [-0.15, -0.1) is 0 Å². The Kier molecular flexibility index (Phi) is 15.3. The maximum atomic E-state index is 6.07. The predicted octanol–water partition coefficient (Wildman–Crippen LogP) is 6.64. The highest BCUT2D eigenvalue weighted by Crippen LogP contribution is 2.24. The van der Waals surface area contributed by atoms with Crippen LogP contribution in [0.3, 0.4) is 0 Å². The van der Waals surface area contributed by atoms with Gasteiger partial charge in [-0.25, -0.2) is 0 Å². The van der Waals surface area contributed by atoms with Crippen molar-refractivity contribution in [2.45, 2.75) is 104 Å². The number of unbranched alkanes of at least 4 members (excludes halogenated alkanes) is 8. The molecular formula is C20H40O2. The second kappa shape index (κ2) is 15.6. The van der Waals surface area contributed by atoms with Crippen molar-refractivity contribution in [3.8, 4) is 0 Å². The van der Waals surface area contributed by atoms with Gasteiger partial charge in [-0.3, -0.25) is 0 Å². The fourth-order valence-corrected chi connectivity index (χ4v) is 2.51. The SMILES string of the molecule is C=CC(CCCCCCCCC)(OCCCC)OCCCC. The minimum atomic E-state index is -0.548. The van der Waals surface area contributed by atoms with Gasteiger partial charge in [-0.2, -0.15) is 0 Å². The molecule has 0 spiro atoms. The molecule has 0 fully saturated rings. The highest BCUT2D eigenvalue weighted by Gasteiger charge is 2.27. The van der Waals surface area contributed by atoms with Gasteiger partial charge in [0.2, 0.25) is 0 Å². The number of ether oxygens (including phenoxy) is 2. The Labute approximate surface area is 139 Å². The van der Waals surface area contributed by atoms with Crippen LogP contribution >= 0.6 is 0 Å². The molecular weight excluding hydrogens is 272 g/mol. The van der Waals surface area contributed by atoms with E-state index in [1.54, 1.807) is 0 Å². The van der Waals surface area contributed by atoms with Crippen LogP contribution in [0.4, 0.5) is 0 Å². The third kappa shape index (κ3) is 11.3. The van der Waals surface area contributed by atoms with Crippen LogP contribution in [0.15, 0.2) is 12.7 Å². The van der Waals surface area contributed by atoms with E-state index >= 15 is 0 Å². The summed E-state index contributed by atoms with van der Waals surface area (Å²) in [6.07, 6.45) is 16.5. The molecule has 0 bridgehead atoms. The van der Waals surface area contributed by atoms with Crippen molar-refractivity contribution in [2.24, 2.45) is 0 Å². The molecule has 0 aliphatic rings. The molecule has 0 unspecified atom stereocenters. The number of rotatable bonds is 17. The minimum Gasteiger partial charge on any atom is -0.346 e. The first-order chi connectivity index (χ1) is 10.7. The average molecular weight is 313 g/mol. The van der Waals surface area contributed by atoms with Crippen molar-refractivity contribution in [2.75, 3.05) is 13.2 Å². The molecule has 0 aromatic carbocycles. The third-order valence-electron chi connectivity index (χ3n) is 4.13. The first-order valence-corrected chi connectivity index (χ1v) is 9.66. The molecule has 0 saturated carbocycles. The van der Waals surface area contributed by atoms with Gasteiger partial charge in [-0.05, 0) is 25.3 Å². The van der Waals surface area contributed by atoms with Crippen molar-refractivity contribution >= 4 is 0 Å². The summed E-state index contributed by atoms with van der Waals surface area (Å²) < 4.78 is 12.1. The van der Waals surface area contributed by atoms with Gasteiger partial charge in [0, 0.05) is 6.42 Å². The first-order valence-electron chi connectivity index (χ1n) is 9.66. The highest BCUT2D eigenvalue weighted by molar-refractivity contribution is 4.90. The lowest BCUT2D eigenvalue weighted by atomic mass is 10.0. The Hall–Kier alpha value is -0.340. The van der Waals surface area contributed by atoms with Gasteiger partial charge in [0.15, 0.2) is 5.79 Å². The zero-order valence-corrected chi connectivity index (χ0v) is 15.5. The van der Waals surface area contributed by atoms with Crippen molar-refractivity contribution in [1.29, 1.82) is 0 Å². The monoisotopic (exact) mass is 312 g/mol. The summed E-state index contributed by atoms with van der Waals surface area (Å²) in [6, 6.07) is 0. The van der Waals surface area contributed by atoms with Crippen molar-refractivity contribution in [3.05, 3.63) is 12.7 Å². The first kappa shape index (κ1) is 21.7. The number of hydrogen-bond donors (Lipinski definition) is 0. The van der Waals surface area contributed by atoms with E-state index in [4.69, 9.17) is 9.47 Å². The molecule has 2 nitrogen and oxygen atoms in total. The average Bonchev–Trinajstić information content (AvgIpc) is 2.54. The van der Waals surface area contributed by atoms with E-state index in [2.05, 4.69) is 27.4 Å². The largest absolute Gasteiger partial charge is 0.346 e. The Balaban J connectivity index is 4.10. The Bertz CT molecular complexity index is 228. The van der Waals surface area contributed by atoms with E-state index in [0.717, 1.165) is 51.7 Å². The topological polar surface area (TPSA) is 18.5 Å². The van der Waals surface area contributed by atoms with Crippen molar-refractivity contribution in [1.82, 2.24) is 0 Å². The second-order valence-electron chi connectivity index (χ2n) is 6.29. The van der Waals surface area contributed by atoms with Gasteiger partial charge < -0.3 is 9.47 Å². The molecule has 0 aliphatic heterocycles. The number of hydrogen-bond acceptors (Lipinski definition) is 2. The van der Waals surface area contributed by atoms with E-state index in [0.29, 0.717) is 0 Å². The summed E-state index contributed by atoms with van der Waals surface area (Å²) in [4.78, 5) is 0. The van der Waals surface area contributed by atoms with Crippen LogP contribution in [0.25, 0.3) is 0 Å². The molecule has 2 heteroatoms. The van der Waals surface area contributed by atoms with Crippen LogP contribution in [0, 0.1) is 0 Å². The smallest absolute Gasteiger partial charge is 0.187 e. The second-order valence-corrected chi connectivity index (χ2v) is 6.29. The molecule has 0 amide bonds. The van der Waals surface area contributed by atoms with E-state index in [-0.39, 0.29) is 0 Å². The highest BCUT2D eigenvalue weighted by atomic mass is 16.7. The summed E-state index contributed by atoms with van der Waals surface area (Å²) in [7, 11) is 0. The standard InChI is InChI=1S/C20H40O2/c1-5-9-12-13-14-15-16-17-20(8-4,21-18-10-6-2)22-19-11-7-3/h8H,4-7,9-19H2,1-3H3. The van der Waals surface area contributed by atoms with Crippen LogP contribution in [-0.4, -0.2) is 19.0 Å². The molecule has 22 heavy (non-hydrogen) atoms. The normalized spacial score (nSPS) is 11.8. The van der Waals surface area contributed by atoms with Crippen LogP contribution < -0.4 is 0 Å². The Morgan fingerprint density at radius 3 is 1.59 bits per heavy atom. The zero-order valence-electron chi connectivity index (χ0n) is 15.5. The lowest BCUT2D eigenvalue weighted by molar-refractivity contribution is -0.209. The maximum Gasteiger partial charge on any atom is 0.187 e. The third-order valence-corrected chi connectivity index (χ3v) is 4.13. The molecule has 0 aromatic heterocycles. The molecule has 0 saturated heterocycles. The van der Waals surface area contributed by atoms with Gasteiger partial charge >= 0.3 is 0 Å². The fourth-order valence-electron chi connectivity index (χ4n) is 2.51. The van der Waals surface area contributed by atoms with Gasteiger partial charge in [0.05, 0.1) is 13.2 Å². The zero-order chi connectivity index (χ0) is 16.5. The summed E-state index contributed by atoms with van der Waals surface area (Å²) in [5.41, 5.74) is 0. The molecule has 0 aliphatic carbocycles. The van der Waals surface area contributed by atoms with Crippen LogP contribution in [0.5, 0.6) is 0 Å². The van der Waals surface area contributed by atoms with Gasteiger partial charge in [0.1, 0.15) is 0 Å². The van der Waals surface area contributed by atoms with E-state index in [1.807, 2.05) is 6.08 Å². The summed E-state index contributed by atoms with van der Waals surface area (Å²) in [5.74, 6) is -0.548. The molecule has 132 valence electrons. The minimum absolute atomic E-state index is 0.548. The van der Waals surface area contributed by atoms with Gasteiger partial charge in [0.25, 0.3) is 0 Å². The van der Waals surface area contributed by atoms with Gasteiger partial charge in [-0.1, -0.05) is 78.7 Å².